The van der Waals surface area contributed by atoms with Crippen LogP contribution in [0.15, 0.2) is 57.3 Å². The Bertz CT molecular complexity index is 1910. The highest BCUT2D eigenvalue weighted by Gasteiger charge is 2.25. The van der Waals surface area contributed by atoms with Crippen LogP contribution in [0.4, 0.5) is 10.1 Å². The molecule has 43 heavy (non-hydrogen) atoms. The van der Waals surface area contributed by atoms with Gasteiger partial charge in [-0.2, -0.15) is 5.26 Å². The number of pyridine rings is 1. The molecule has 13 heteroatoms. The van der Waals surface area contributed by atoms with Crippen molar-refractivity contribution in [2.24, 2.45) is 0 Å². The van der Waals surface area contributed by atoms with E-state index in [0.717, 1.165) is 23.4 Å². The number of aryl methyl sites for hydroxylation is 2. The summed E-state index contributed by atoms with van der Waals surface area (Å²) in [5.41, 5.74) is 0.742. The number of carbonyl (C=O) groups is 2. The van der Waals surface area contributed by atoms with Crippen molar-refractivity contribution >= 4 is 40.2 Å². The number of hydrogen-bond acceptors (Lipinski definition) is 8. The van der Waals surface area contributed by atoms with Gasteiger partial charge in [-0.05, 0) is 26.0 Å². The Labute approximate surface area is 249 Å². The fourth-order valence-electron chi connectivity index (χ4n) is 5.02. The van der Waals surface area contributed by atoms with Gasteiger partial charge in [-0.3, -0.25) is 14.4 Å². The highest BCUT2D eigenvalue weighted by molar-refractivity contribution is 7.99. The number of nitrogens with zero attached hydrogens (tertiary/aromatic N) is 5. The predicted molar refractivity (Wildman–Crippen MR) is 160 cm³/mol. The molecule has 0 radical (unpaired) electrons. The second-order valence-electron chi connectivity index (χ2n) is 10.0. The number of amides is 1. The van der Waals surface area contributed by atoms with Crippen LogP contribution in [-0.2, 0) is 11.3 Å². The zero-order valence-corrected chi connectivity index (χ0v) is 24.2. The lowest BCUT2D eigenvalue weighted by Crippen LogP contribution is -2.49. The number of benzene rings is 2. The predicted octanol–water partition coefficient (Wildman–Crippen LogP) is 3.23. The number of piperazine rings is 1. The Morgan fingerprint density at radius 2 is 1.84 bits per heavy atom. The standard InChI is InChI=1S/C30H27FN6O5S/c1-3-35-15-21(29(41)42)27(39)19-12-22(31)24(13-23(19)35)36-8-10-37(11-9-36)25(38)16-43-30-33-26(20(14-32)28(40)34-30)18-6-4-17(2)5-7-18/h4-7,12-13,15H,3,8-11,16H2,1-2H3,(H,41,42)(H,33,34,40). The van der Waals surface area contributed by atoms with E-state index in [0.29, 0.717) is 43.8 Å². The summed E-state index contributed by atoms with van der Waals surface area (Å²) in [5.74, 6) is -2.20. The number of nitrogens with one attached hydrogen (secondary N) is 1. The zero-order chi connectivity index (χ0) is 30.8. The van der Waals surface area contributed by atoms with E-state index in [1.54, 1.807) is 39.5 Å². The minimum absolute atomic E-state index is 0.00119. The fourth-order valence-corrected chi connectivity index (χ4v) is 5.78. The van der Waals surface area contributed by atoms with Crippen molar-refractivity contribution in [3.63, 3.8) is 0 Å². The third kappa shape index (κ3) is 5.87. The normalized spacial score (nSPS) is 13.3. The summed E-state index contributed by atoms with van der Waals surface area (Å²) in [7, 11) is 0. The van der Waals surface area contributed by atoms with Gasteiger partial charge >= 0.3 is 5.97 Å². The Morgan fingerprint density at radius 3 is 2.47 bits per heavy atom. The number of carboxylic acids is 1. The minimum atomic E-state index is -1.37. The van der Waals surface area contributed by atoms with Crippen molar-refractivity contribution in [1.82, 2.24) is 19.4 Å². The van der Waals surface area contributed by atoms with Gasteiger partial charge in [0.1, 0.15) is 23.0 Å². The number of aromatic amines is 1. The molecule has 1 amide bonds. The average molecular weight is 603 g/mol. The molecule has 3 heterocycles. The number of rotatable bonds is 7. The molecule has 5 rings (SSSR count). The van der Waals surface area contributed by atoms with Crippen molar-refractivity contribution in [3.05, 3.63) is 85.7 Å². The smallest absolute Gasteiger partial charge is 0.341 e. The number of H-pyrrole nitrogens is 1. The molecule has 0 saturated carbocycles. The summed E-state index contributed by atoms with van der Waals surface area (Å²) in [5, 5.41) is 19.1. The first-order valence-electron chi connectivity index (χ1n) is 13.5. The van der Waals surface area contributed by atoms with E-state index >= 15 is 4.39 Å². The van der Waals surface area contributed by atoms with E-state index in [1.807, 2.05) is 25.1 Å². The van der Waals surface area contributed by atoms with Crippen molar-refractivity contribution in [2.75, 3.05) is 36.8 Å². The second kappa shape index (κ2) is 12.1. The summed E-state index contributed by atoms with van der Waals surface area (Å²) in [4.78, 5) is 60.2. The number of anilines is 1. The highest BCUT2D eigenvalue weighted by atomic mass is 32.2. The number of thioether (sulfide) groups is 1. The summed E-state index contributed by atoms with van der Waals surface area (Å²) >= 11 is 1.06. The number of aromatic nitrogens is 3. The average Bonchev–Trinajstić information content (AvgIpc) is 3.00. The Kier molecular flexibility index (Phi) is 8.31. The second-order valence-corrected chi connectivity index (χ2v) is 11.0. The summed E-state index contributed by atoms with van der Waals surface area (Å²) in [6.07, 6.45) is 1.27. The van der Waals surface area contributed by atoms with Crippen LogP contribution in [0.3, 0.4) is 0 Å². The van der Waals surface area contributed by atoms with Crippen LogP contribution in [0.5, 0.6) is 0 Å². The van der Waals surface area contributed by atoms with Gasteiger partial charge < -0.3 is 24.5 Å². The molecular weight excluding hydrogens is 575 g/mol. The SMILES string of the molecule is CCn1cc(C(=O)O)c(=O)c2cc(F)c(N3CCN(C(=O)CSc4nc(-c5ccc(C)cc5)c(C#N)c(=O)[nH]4)CC3)cc21. The van der Waals surface area contributed by atoms with E-state index in [9.17, 15) is 29.5 Å². The number of carbonyl (C=O) groups excluding carboxylic acids is 1. The fraction of sp³-hybridized carbons (Fsp3) is 0.267. The first-order chi connectivity index (χ1) is 20.6. The molecule has 2 aromatic heterocycles. The lowest BCUT2D eigenvalue weighted by atomic mass is 10.1. The maximum atomic E-state index is 15.2. The van der Waals surface area contributed by atoms with Crippen molar-refractivity contribution in [1.29, 1.82) is 5.26 Å². The molecule has 2 aromatic carbocycles. The molecule has 1 aliphatic rings. The van der Waals surface area contributed by atoms with Crippen molar-refractivity contribution in [2.45, 2.75) is 25.5 Å². The quantitative estimate of drug-likeness (QED) is 0.240. The number of fused-ring (bicyclic) bond motifs is 1. The molecule has 0 spiro atoms. The van der Waals surface area contributed by atoms with Gasteiger partial charge in [-0.15, -0.1) is 0 Å². The van der Waals surface area contributed by atoms with Gasteiger partial charge in [0.15, 0.2) is 5.16 Å². The van der Waals surface area contributed by atoms with E-state index in [-0.39, 0.29) is 39.1 Å². The van der Waals surface area contributed by atoms with Gasteiger partial charge in [-0.1, -0.05) is 41.6 Å². The van der Waals surface area contributed by atoms with E-state index in [4.69, 9.17) is 0 Å². The topological polar surface area (TPSA) is 152 Å². The van der Waals surface area contributed by atoms with Crippen LogP contribution in [0.25, 0.3) is 22.2 Å². The van der Waals surface area contributed by atoms with Gasteiger partial charge in [0.2, 0.25) is 11.3 Å². The monoisotopic (exact) mass is 602 g/mol. The summed E-state index contributed by atoms with van der Waals surface area (Å²) in [6, 6.07) is 11.8. The number of nitriles is 1. The lowest BCUT2D eigenvalue weighted by Gasteiger charge is -2.36. The molecule has 1 saturated heterocycles. The Hall–Kier alpha value is -4.96. The molecule has 0 unspecified atom stereocenters. The largest absolute Gasteiger partial charge is 0.477 e. The minimum Gasteiger partial charge on any atom is -0.477 e. The first kappa shape index (κ1) is 29.5. The van der Waals surface area contributed by atoms with Gasteiger partial charge in [0.25, 0.3) is 5.56 Å². The Morgan fingerprint density at radius 1 is 1.14 bits per heavy atom. The molecule has 0 atom stereocenters. The summed E-state index contributed by atoms with van der Waals surface area (Å²) < 4.78 is 16.8. The third-order valence-electron chi connectivity index (χ3n) is 7.36. The lowest BCUT2D eigenvalue weighted by molar-refractivity contribution is -0.128. The van der Waals surface area contributed by atoms with Crippen LogP contribution in [-0.4, -0.2) is 68.3 Å². The van der Waals surface area contributed by atoms with Gasteiger partial charge in [0.05, 0.1) is 22.7 Å². The van der Waals surface area contributed by atoms with Crippen LogP contribution in [0.1, 0.15) is 28.4 Å². The molecule has 0 aliphatic carbocycles. The third-order valence-corrected chi connectivity index (χ3v) is 8.22. The molecular formula is C30H27FN6O5S. The number of halogens is 1. The van der Waals surface area contributed by atoms with E-state index in [1.165, 1.54) is 6.20 Å². The van der Waals surface area contributed by atoms with Crippen molar-refractivity contribution < 1.29 is 19.1 Å². The van der Waals surface area contributed by atoms with Crippen molar-refractivity contribution in [3.8, 4) is 17.3 Å². The van der Waals surface area contributed by atoms with Crippen LogP contribution < -0.4 is 15.9 Å². The molecule has 1 aliphatic heterocycles. The zero-order valence-electron chi connectivity index (χ0n) is 23.4. The van der Waals surface area contributed by atoms with Crippen LogP contribution in [0, 0.1) is 24.1 Å². The highest BCUT2D eigenvalue weighted by Crippen LogP contribution is 2.27. The number of hydrogen-bond donors (Lipinski definition) is 2. The first-order valence-corrected chi connectivity index (χ1v) is 14.5. The van der Waals surface area contributed by atoms with E-state index in [2.05, 4.69) is 9.97 Å². The molecule has 1 fully saturated rings. The molecule has 0 bridgehead atoms. The van der Waals surface area contributed by atoms with Crippen LogP contribution in [0.2, 0.25) is 0 Å². The summed E-state index contributed by atoms with van der Waals surface area (Å²) in [6.45, 7) is 5.43. The van der Waals surface area contributed by atoms with Crippen LogP contribution >= 0.6 is 11.8 Å². The molecule has 4 aromatic rings. The molecule has 220 valence electrons. The maximum absolute atomic E-state index is 15.2. The van der Waals surface area contributed by atoms with Gasteiger partial charge in [0, 0.05) is 49.9 Å². The molecule has 11 nitrogen and oxygen atoms in total. The molecule has 2 N–H and O–H groups in total. The van der Waals surface area contributed by atoms with Gasteiger partial charge in [-0.25, -0.2) is 14.2 Å². The maximum Gasteiger partial charge on any atom is 0.341 e. The van der Waals surface area contributed by atoms with E-state index < -0.39 is 28.3 Å². The number of carboxylic acid groups (broad SMARTS) is 1. The number of aromatic carboxylic acids is 1. The Balaban J connectivity index is 1.28.